The number of piperazine rings is 1. The van der Waals surface area contributed by atoms with Gasteiger partial charge < -0.3 is 15.7 Å². The van der Waals surface area contributed by atoms with Gasteiger partial charge in [-0.1, -0.05) is 18.2 Å². The van der Waals surface area contributed by atoms with Crippen LogP contribution in [0.25, 0.3) is 0 Å². The molecule has 0 spiro atoms. The number of anilines is 1. The number of hydrogen-bond donors (Lipinski definition) is 3. The minimum absolute atomic E-state index is 0. The van der Waals surface area contributed by atoms with Crippen LogP contribution < -0.4 is 10.6 Å². The molecule has 1 aromatic rings. The summed E-state index contributed by atoms with van der Waals surface area (Å²) < 4.78 is 0. The van der Waals surface area contributed by atoms with Crippen LogP contribution in [0.3, 0.4) is 0 Å². The highest BCUT2D eigenvalue weighted by Gasteiger charge is 2.44. The summed E-state index contributed by atoms with van der Waals surface area (Å²) in [6, 6.07) is 7.75. The highest BCUT2D eigenvalue weighted by molar-refractivity contribution is 5.86. The molecule has 7 nitrogen and oxygen atoms in total. The molecule has 0 radical (unpaired) electrons. The van der Waals surface area contributed by atoms with Crippen LogP contribution >= 0.6 is 24.8 Å². The highest BCUT2D eigenvalue weighted by Crippen LogP contribution is 2.35. The first kappa shape index (κ1) is 24.7. The Hall–Kier alpha value is -1.38. The molecule has 9 heteroatoms. The van der Waals surface area contributed by atoms with Crippen molar-refractivity contribution in [1.29, 1.82) is 0 Å². The number of carboxylic acid groups (broad SMARTS) is 1. The van der Waals surface area contributed by atoms with Crippen molar-refractivity contribution in [2.24, 2.45) is 0 Å². The van der Waals surface area contributed by atoms with Crippen LogP contribution in [-0.4, -0.2) is 72.6 Å². The summed E-state index contributed by atoms with van der Waals surface area (Å²) in [5, 5.41) is 16.1. The van der Waals surface area contributed by atoms with Crippen molar-refractivity contribution in [3.8, 4) is 0 Å². The van der Waals surface area contributed by atoms with Gasteiger partial charge in [-0.2, -0.15) is 0 Å². The van der Waals surface area contributed by atoms with E-state index in [-0.39, 0.29) is 24.8 Å². The van der Waals surface area contributed by atoms with Crippen LogP contribution in [0, 0.1) is 0 Å². The van der Waals surface area contributed by atoms with E-state index < -0.39 is 11.5 Å². The van der Waals surface area contributed by atoms with Gasteiger partial charge in [0.25, 0.3) is 0 Å². The van der Waals surface area contributed by atoms with Crippen molar-refractivity contribution >= 4 is 42.9 Å². The molecule has 1 aromatic carbocycles. The lowest BCUT2D eigenvalue weighted by atomic mass is 9.87. The van der Waals surface area contributed by atoms with Crippen molar-refractivity contribution in [3.05, 3.63) is 29.8 Å². The summed E-state index contributed by atoms with van der Waals surface area (Å²) in [6.45, 7) is 6.99. The van der Waals surface area contributed by atoms with Crippen LogP contribution in [-0.2, 0) is 15.1 Å². The van der Waals surface area contributed by atoms with Gasteiger partial charge in [-0.05, 0) is 38.9 Å². The van der Waals surface area contributed by atoms with Crippen LogP contribution in [0.2, 0.25) is 0 Å². The number of hydrogen-bond acceptors (Lipinski definition) is 5. The Kier molecular flexibility index (Phi) is 9.66. The molecule has 28 heavy (non-hydrogen) atoms. The third-order valence-corrected chi connectivity index (χ3v) is 5.85. The average Bonchev–Trinajstić information content (AvgIpc) is 2.69. The van der Waals surface area contributed by atoms with E-state index in [4.69, 9.17) is 0 Å². The molecule has 158 valence electrons. The van der Waals surface area contributed by atoms with E-state index in [2.05, 4.69) is 15.5 Å². The van der Waals surface area contributed by atoms with Crippen LogP contribution in [0.1, 0.15) is 25.3 Å². The molecule has 0 aromatic heterocycles. The second-order valence-corrected chi connectivity index (χ2v) is 7.19. The predicted molar refractivity (Wildman–Crippen MR) is 115 cm³/mol. The van der Waals surface area contributed by atoms with E-state index in [9.17, 15) is 14.7 Å². The fourth-order valence-corrected chi connectivity index (χ4v) is 4.22. The number of benzene rings is 1. The van der Waals surface area contributed by atoms with Gasteiger partial charge in [0.15, 0.2) is 0 Å². The molecule has 2 heterocycles. The number of nitrogens with one attached hydrogen (secondary N) is 2. The lowest BCUT2D eigenvalue weighted by Gasteiger charge is -2.46. The molecule has 3 N–H and O–H groups in total. The van der Waals surface area contributed by atoms with Crippen LogP contribution in [0.5, 0.6) is 0 Å². The summed E-state index contributed by atoms with van der Waals surface area (Å²) >= 11 is 0. The van der Waals surface area contributed by atoms with Gasteiger partial charge in [0, 0.05) is 43.5 Å². The minimum Gasteiger partial charge on any atom is -0.480 e. The molecular formula is C19H30Cl2N4O3. The van der Waals surface area contributed by atoms with E-state index >= 15 is 0 Å². The molecule has 1 atom stereocenters. The first-order chi connectivity index (χ1) is 12.6. The smallest absolute Gasteiger partial charge is 0.328 e. The topological polar surface area (TPSA) is 84.9 Å². The van der Waals surface area contributed by atoms with Gasteiger partial charge in [0.2, 0.25) is 6.41 Å². The number of para-hydroxylation sites is 1. The highest BCUT2D eigenvalue weighted by atomic mass is 35.5. The van der Waals surface area contributed by atoms with E-state index in [0.717, 1.165) is 39.0 Å². The maximum absolute atomic E-state index is 12.3. The van der Waals surface area contributed by atoms with Crippen molar-refractivity contribution in [3.63, 3.8) is 0 Å². The number of halogens is 2. The Balaban J connectivity index is 0.00000196. The normalized spacial score (nSPS) is 20.9. The Morgan fingerprint density at radius 3 is 2.36 bits per heavy atom. The molecule has 2 aliphatic heterocycles. The fourth-order valence-electron chi connectivity index (χ4n) is 4.22. The maximum Gasteiger partial charge on any atom is 0.328 e. The number of carbonyl (C=O) groups excluding carboxylic acids is 1. The van der Waals surface area contributed by atoms with E-state index in [0.29, 0.717) is 36.8 Å². The standard InChI is InChI=1S/C19H28N4O3.2ClH/c1-19(18(25)26,16-4-2-3-5-17(16)21-14-24)23-12-10-22(11-13-23)15-6-8-20-9-7-15;;/h2-5,14-15,20H,6-13H2,1H3,(H,21,24)(H,25,26);2*1H. The zero-order valence-electron chi connectivity index (χ0n) is 16.1. The van der Waals surface area contributed by atoms with Crippen molar-refractivity contribution < 1.29 is 14.7 Å². The van der Waals surface area contributed by atoms with Gasteiger partial charge >= 0.3 is 5.97 Å². The summed E-state index contributed by atoms with van der Waals surface area (Å²) in [5.41, 5.74) is -0.00426. The largest absolute Gasteiger partial charge is 0.480 e. The molecule has 0 saturated carbocycles. The maximum atomic E-state index is 12.3. The number of carbonyl (C=O) groups is 2. The Morgan fingerprint density at radius 1 is 1.18 bits per heavy atom. The molecule has 2 saturated heterocycles. The number of carboxylic acids is 1. The van der Waals surface area contributed by atoms with Gasteiger partial charge in [-0.25, -0.2) is 4.79 Å². The molecule has 2 fully saturated rings. The third-order valence-electron chi connectivity index (χ3n) is 5.85. The Bertz CT molecular complexity index is 650. The van der Waals surface area contributed by atoms with E-state index in [1.54, 1.807) is 25.1 Å². The van der Waals surface area contributed by atoms with Crippen molar-refractivity contribution in [1.82, 2.24) is 15.1 Å². The quantitative estimate of drug-likeness (QED) is 0.593. The molecule has 1 unspecified atom stereocenters. The molecule has 3 rings (SSSR count). The van der Waals surface area contributed by atoms with Crippen molar-refractivity contribution in [2.75, 3.05) is 44.6 Å². The molecular weight excluding hydrogens is 403 g/mol. The lowest BCUT2D eigenvalue weighted by molar-refractivity contribution is -0.153. The van der Waals surface area contributed by atoms with Gasteiger partial charge in [0.05, 0.1) is 0 Å². The van der Waals surface area contributed by atoms with E-state index in [1.165, 1.54) is 0 Å². The first-order valence-corrected chi connectivity index (χ1v) is 9.30. The number of rotatable bonds is 6. The monoisotopic (exact) mass is 432 g/mol. The Morgan fingerprint density at radius 2 is 1.79 bits per heavy atom. The Labute approximate surface area is 178 Å². The van der Waals surface area contributed by atoms with Gasteiger partial charge in [0.1, 0.15) is 5.54 Å². The zero-order valence-corrected chi connectivity index (χ0v) is 17.7. The molecule has 2 aliphatic rings. The fraction of sp³-hybridized carbons (Fsp3) is 0.579. The summed E-state index contributed by atoms with van der Waals surface area (Å²) in [4.78, 5) is 27.7. The number of piperidine rings is 1. The summed E-state index contributed by atoms with van der Waals surface area (Å²) in [6.07, 6.45) is 2.90. The predicted octanol–water partition coefficient (Wildman–Crippen LogP) is 1.77. The second kappa shape index (κ2) is 11.0. The second-order valence-electron chi connectivity index (χ2n) is 7.19. The van der Waals surface area contributed by atoms with Gasteiger partial charge in [-0.3, -0.25) is 14.6 Å². The lowest BCUT2D eigenvalue weighted by Crippen LogP contribution is -2.59. The van der Waals surface area contributed by atoms with Crippen LogP contribution in [0.4, 0.5) is 5.69 Å². The minimum atomic E-state index is -1.17. The van der Waals surface area contributed by atoms with Crippen molar-refractivity contribution in [2.45, 2.75) is 31.3 Å². The average molecular weight is 433 g/mol. The number of nitrogens with zero attached hydrogens (tertiary/aromatic N) is 2. The van der Waals surface area contributed by atoms with Gasteiger partial charge in [-0.15, -0.1) is 24.8 Å². The van der Waals surface area contributed by atoms with Crippen LogP contribution in [0.15, 0.2) is 24.3 Å². The number of aliphatic carboxylic acids is 1. The molecule has 0 aliphatic carbocycles. The molecule has 1 amide bonds. The first-order valence-electron chi connectivity index (χ1n) is 9.30. The zero-order chi connectivity index (χ0) is 18.6. The SMILES string of the molecule is CC(C(=O)O)(c1ccccc1NC=O)N1CCN(C2CCNCC2)CC1.Cl.Cl. The number of amides is 1. The third kappa shape index (κ3) is 4.96. The summed E-state index contributed by atoms with van der Waals surface area (Å²) in [7, 11) is 0. The molecule has 0 bridgehead atoms. The van der Waals surface area contributed by atoms with E-state index in [1.807, 2.05) is 11.0 Å². The summed E-state index contributed by atoms with van der Waals surface area (Å²) in [5.74, 6) is -0.895.